The smallest absolute Gasteiger partial charge is 0.119 e. The molecule has 23 heavy (non-hydrogen) atoms. The lowest BCUT2D eigenvalue weighted by Gasteiger charge is -2.30. The molecule has 0 spiro atoms. The number of fused-ring (bicyclic) bond motifs is 1. The maximum Gasteiger partial charge on any atom is 0.119 e. The number of nitrogens with zero attached hydrogens (tertiary/aromatic N) is 1. The minimum Gasteiger partial charge on any atom is -0.497 e. The van der Waals surface area contributed by atoms with Crippen LogP contribution < -0.4 is 4.74 Å². The second-order valence-corrected chi connectivity index (χ2v) is 8.25. The lowest BCUT2D eigenvalue weighted by molar-refractivity contribution is 0.292. The van der Waals surface area contributed by atoms with Crippen LogP contribution in [0.5, 0.6) is 5.75 Å². The van der Waals surface area contributed by atoms with Crippen molar-refractivity contribution in [1.29, 1.82) is 0 Å². The van der Waals surface area contributed by atoms with Gasteiger partial charge in [-0.15, -0.1) is 12.4 Å². The number of halogens is 1. The van der Waals surface area contributed by atoms with E-state index in [1.54, 1.807) is 12.7 Å². The zero-order chi connectivity index (χ0) is 15.4. The summed E-state index contributed by atoms with van der Waals surface area (Å²) in [5.41, 5.74) is 3.07. The molecule has 0 radical (unpaired) electrons. The van der Waals surface area contributed by atoms with Crippen molar-refractivity contribution < 1.29 is 4.74 Å². The van der Waals surface area contributed by atoms with E-state index in [2.05, 4.69) is 41.9 Å². The van der Waals surface area contributed by atoms with Gasteiger partial charge in [0.1, 0.15) is 5.75 Å². The van der Waals surface area contributed by atoms with Crippen LogP contribution in [0.1, 0.15) is 49.1 Å². The molecular weight excluding hydrogens is 326 g/mol. The molecule has 2 nitrogen and oxygen atoms in total. The van der Waals surface area contributed by atoms with Gasteiger partial charge in [-0.3, -0.25) is 0 Å². The summed E-state index contributed by atoms with van der Waals surface area (Å²) in [5, 5.41) is 0.922. The molecule has 1 aliphatic heterocycles. The van der Waals surface area contributed by atoms with Crippen LogP contribution in [-0.4, -0.2) is 43.1 Å². The van der Waals surface area contributed by atoms with Gasteiger partial charge < -0.3 is 9.64 Å². The predicted molar refractivity (Wildman–Crippen MR) is 104 cm³/mol. The number of benzene rings is 1. The highest BCUT2D eigenvalue weighted by Gasteiger charge is 2.22. The van der Waals surface area contributed by atoms with Gasteiger partial charge in [0, 0.05) is 11.8 Å². The first-order valence-corrected chi connectivity index (χ1v) is 9.78. The normalized spacial score (nSPS) is 23.4. The van der Waals surface area contributed by atoms with Crippen LogP contribution in [0.4, 0.5) is 0 Å². The van der Waals surface area contributed by atoms with Gasteiger partial charge in [-0.25, -0.2) is 0 Å². The van der Waals surface area contributed by atoms with E-state index in [4.69, 9.17) is 4.74 Å². The number of likely N-dealkylation sites (N-methyl/N-ethyl adjacent to an activating group) is 1. The monoisotopic (exact) mass is 355 g/mol. The van der Waals surface area contributed by atoms with Crippen molar-refractivity contribution in [2.75, 3.05) is 33.0 Å². The Hall–Kier alpha value is -0.380. The highest BCUT2D eigenvalue weighted by atomic mass is 35.5. The van der Waals surface area contributed by atoms with Crippen molar-refractivity contribution in [3.05, 3.63) is 29.3 Å². The Labute approximate surface area is 151 Å². The lowest BCUT2D eigenvalue weighted by atomic mass is 9.82. The average molecular weight is 356 g/mol. The molecule has 130 valence electrons. The molecular formula is C19H30ClNOS. The summed E-state index contributed by atoms with van der Waals surface area (Å²) in [5.74, 6) is 3.09. The third-order valence-electron chi connectivity index (χ3n) is 5.18. The number of methoxy groups -OCH3 is 1. The number of aryl methyl sites for hydroxylation is 1. The predicted octanol–water partition coefficient (Wildman–Crippen LogP) is 4.75. The van der Waals surface area contributed by atoms with Gasteiger partial charge >= 0.3 is 0 Å². The first kappa shape index (κ1) is 19.0. The van der Waals surface area contributed by atoms with Crippen molar-refractivity contribution in [1.82, 2.24) is 4.90 Å². The first-order valence-electron chi connectivity index (χ1n) is 8.73. The number of ether oxygens (including phenoxy) is 1. The Morgan fingerprint density at radius 2 is 2.13 bits per heavy atom. The average Bonchev–Trinajstić information content (AvgIpc) is 3.06. The number of hydrogen-bond donors (Lipinski definition) is 0. The molecule has 2 atom stereocenters. The largest absolute Gasteiger partial charge is 0.497 e. The van der Waals surface area contributed by atoms with Crippen LogP contribution in [0.2, 0.25) is 0 Å². The van der Waals surface area contributed by atoms with Crippen molar-refractivity contribution >= 4 is 24.2 Å². The summed E-state index contributed by atoms with van der Waals surface area (Å²) in [7, 11) is 4.06. The van der Waals surface area contributed by atoms with E-state index in [0.29, 0.717) is 5.92 Å². The van der Waals surface area contributed by atoms with Crippen molar-refractivity contribution in [2.24, 2.45) is 0 Å². The van der Waals surface area contributed by atoms with Crippen LogP contribution >= 0.6 is 24.2 Å². The van der Waals surface area contributed by atoms with Crippen LogP contribution in [0, 0.1) is 0 Å². The minimum absolute atomic E-state index is 0. The van der Waals surface area contributed by atoms with Crippen molar-refractivity contribution in [3.8, 4) is 5.75 Å². The Balaban J connectivity index is 0.00000192. The summed E-state index contributed by atoms with van der Waals surface area (Å²) in [4.78, 5) is 2.56. The molecule has 0 saturated carbocycles. The zero-order valence-electron chi connectivity index (χ0n) is 14.4. The molecule has 1 saturated heterocycles. The van der Waals surface area contributed by atoms with Crippen LogP contribution in [0.3, 0.4) is 0 Å². The third kappa shape index (κ3) is 5.04. The number of thioether (sulfide) groups is 1. The lowest BCUT2D eigenvalue weighted by Crippen LogP contribution is -2.28. The van der Waals surface area contributed by atoms with Crippen LogP contribution in [0.15, 0.2) is 18.2 Å². The molecule has 3 rings (SSSR count). The summed E-state index contributed by atoms with van der Waals surface area (Å²) in [6, 6.07) is 6.68. The summed E-state index contributed by atoms with van der Waals surface area (Å²) in [6.45, 7) is 2.45. The van der Waals surface area contributed by atoms with Gasteiger partial charge in [-0.05, 0) is 87.0 Å². The van der Waals surface area contributed by atoms with Gasteiger partial charge in [-0.2, -0.15) is 11.8 Å². The van der Waals surface area contributed by atoms with Gasteiger partial charge in [0.25, 0.3) is 0 Å². The Kier molecular flexibility index (Phi) is 7.58. The number of rotatable bonds is 6. The second kappa shape index (κ2) is 9.19. The SMILES string of the molecule is COc1ccc2c(c1)CCCC2CN(C)CCC1CCCS1.Cl. The first-order chi connectivity index (χ1) is 10.8. The molecule has 1 fully saturated rings. The molecule has 1 aromatic carbocycles. The maximum atomic E-state index is 5.38. The quantitative estimate of drug-likeness (QED) is 0.730. The van der Waals surface area contributed by atoms with E-state index in [0.717, 1.165) is 11.0 Å². The molecule has 0 aromatic heterocycles. The number of hydrogen-bond acceptors (Lipinski definition) is 3. The van der Waals surface area contributed by atoms with E-state index in [1.165, 1.54) is 62.9 Å². The highest BCUT2D eigenvalue weighted by molar-refractivity contribution is 8.00. The summed E-state index contributed by atoms with van der Waals surface area (Å²) >= 11 is 2.18. The van der Waals surface area contributed by atoms with Crippen LogP contribution in [-0.2, 0) is 6.42 Å². The van der Waals surface area contributed by atoms with Gasteiger partial charge in [0.05, 0.1) is 7.11 Å². The molecule has 0 amide bonds. The summed E-state index contributed by atoms with van der Waals surface area (Å²) in [6.07, 6.45) is 8.09. The zero-order valence-corrected chi connectivity index (χ0v) is 16.1. The molecule has 2 unspecified atom stereocenters. The van der Waals surface area contributed by atoms with E-state index in [9.17, 15) is 0 Å². The third-order valence-corrected chi connectivity index (χ3v) is 6.64. The molecule has 1 aliphatic carbocycles. The summed E-state index contributed by atoms with van der Waals surface area (Å²) < 4.78 is 5.38. The van der Waals surface area contributed by atoms with Gasteiger partial charge in [-0.1, -0.05) is 6.07 Å². The van der Waals surface area contributed by atoms with Gasteiger partial charge in [0.15, 0.2) is 0 Å². The second-order valence-electron chi connectivity index (χ2n) is 6.84. The van der Waals surface area contributed by atoms with Gasteiger partial charge in [0.2, 0.25) is 0 Å². The fourth-order valence-corrected chi connectivity index (χ4v) is 5.18. The van der Waals surface area contributed by atoms with E-state index < -0.39 is 0 Å². The molecule has 0 bridgehead atoms. The van der Waals surface area contributed by atoms with Crippen molar-refractivity contribution in [3.63, 3.8) is 0 Å². The Morgan fingerprint density at radius 1 is 1.26 bits per heavy atom. The van der Waals surface area contributed by atoms with E-state index >= 15 is 0 Å². The minimum atomic E-state index is 0. The molecule has 1 aromatic rings. The van der Waals surface area contributed by atoms with Crippen molar-refractivity contribution in [2.45, 2.75) is 49.7 Å². The van der Waals surface area contributed by atoms with E-state index in [1.807, 2.05) is 0 Å². The Bertz CT molecular complexity index is 490. The fraction of sp³-hybridized carbons (Fsp3) is 0.684. The molecule has 2 aliphatic rings. The van der Waals surface area contributed by atoms with E-state index in [-0.39, 0.29) is 12.4 Å². The maximum absolute atomic E-state index is 5.38. The molecule has 4 heteroatoms. The Morgan fingerprint density at radius 3 is 2.87 bits per heavy atom. The highest BCUT2D eigenvalue weighted by Crippen LogP contribution is 2.34. The molecule has 0 N–H and O–H groups in total. The van der Waals surface area contributed by atoms with Crippen LogP contribution in [0.25, 0.3) is 0 Å². The topological polar surface area (TPSA) is 12.5 Å². The fourth-order valence-electron chi connectivity index (χ4n) is 3.91. The standard InChI is InChI=1S/C19H29NOS.ClH/c1-20(11-10-18-7-4-12-22-18)14-16-6-3-5-15-13-17(21-2)8-9-19(15)16;/h8-9,13,16,18H,3-7,10-12,14H2,1-2H3;1H. The molecule has 1 heterocycles.